The second kappa shape index (κ2) is 28.3. The van der Waals surface area contributed by atoms with Crippen molar-refractivity contribution in [2.45, 2.75) is 121 Å². The number of nitro groups is 1. The van der Waals surface area contributed by atoms with Crippen LogP contribution in [0.4, 0.5) is 10.5 Å². The van der Waals surface area contributed by atoms with E-state index in [4.69, 9.17) is 9.47 Å². The molecule has 0 unspecified atom stereocenters. The lowest BCUT2D eigenvalue weighted by molar-refractivity contribution is -0.384. The number of likely N-dealkylation sites (tertiary alicyclic amines) is 1. The molecule has 8 amide bonds. The molecule has 12 N–H and O–H groups in total. The third kappa shape index (κ3) is 17.7. The van der Waals surface area contributed by atoms with Crippen LogP contribution in [0.3, 0.4) is 0 Å². The first-order valence-corrected chi connectivity index (χ1v) is 25.6. The van der Waals surface area contributed by atoms with E-state index in [1.165, 1.54) is 31.2 Å². The predicted molar refractivity (Wildman–Crippen MR) is 284 cm³/mol. The number of aromatic nitrogens is 1. The fourth-order valence-electron chi connectivity index (χ4n) is 8.45. The Bertz CT molecular complexity index is 2870. The van der Waals surface area contributed by atoms with E-state index in [9.17, 15) is 73.7 Å². The lowest BCUT2D eigenvalue weighted by Gasteiger charge is -2.31. The lowest BCUT2D eigenvalue weighted by atomic mass is 10.00. The number of carbonyl (C=O) groups is 9. The average molecular weight is 1120 g/mol. The van der Waals surface area contributed by atoms with E-state index in [2.05, 4.69) is 42.2 Å². The van der Waals surface area contributed by atoms with Gasteiger partial charge in [-0.2, -0.15) is 0 Å². The van der Waals surface area contributed by atoms with E-state index >= 15 is 0 Å². The van der Waals surface area contributed by atoms with Crippen LogP contribution in [-0.2, 0) is 55.9 Å². The molecule has 1 aromatic heterocycles. The number of H-pyrrole nitrogens is 1. The van der Waals surface area contributed by atoms with Gasteiger partial charge in [0.15, 0.2) is 6.04 Å². The quantitative estimate of drug-likeness (QED) is 0.0174. The minimum Gasteiger partial charge on any atom is -0.508 e. The molecule has 432 valence electrons. The number of aliphatic hydroxyl groups excluding tert-OH is 3. The molecule has 1 aliphatic heterocycles. The van der Waals surface area contributed by atoms with Crippen molar-refractivity contribution >= 4 is 70.0 Å². The normalized spacial score (nSPS) is 15.9. The molecule has 2 heterocycles. The summed E-state index contributed by atoms with van der Waals surface area (Å²) >= 11 is 0. The Hall–Kier alpha value is -8.69. The lowest BCUT2D eigenvalue weighted by Crippen LogP contribution is -2.62. The highest BCUT2D eigenvalue weighted by atomic mass is 16.6. The third-order valence-corrected chi connectivity index (χ3v) is 12.5. The van der Waals surface area contributed by atoms with Crippen molar-refractivity contribution in [3.63, 3.8) is 0 Å². The number of aliphatic hydroxyl groups is 3. The van der Waals surface area contributed by atoms with Gasteiger partial charge in [0.2, 0.25) is 41.4 Å². The Labute approximate surface area is 459 Å². The highest BCUT2D eigenvalue weighted by Crippen LogP contribution is 2.23. The molecular formula is C53H68N10O17. The molecule has 0 aliphatic carbocycles. The van der Waals surface area contributed by atoms with Crippen LogP contribution in [-0.4, -0.2) is 169 Å². The molecule has 5 rings (SSSR count). The van der Waals surface area contributed by atoms with Gasteiger partial charge in [-0.1, -0.05) is 44.2 Å². The Morgan fingerprint density at radius 3 is 1.98 bits per heavy atom. The van der Waals surface area contributed by atoms with Crippen LogP contribution >= 0.6 is 0 Å². The minimum atomic E-state index is -1.74. The van der Waals surface area contributed by atoms with Gasteiger partial charge in [0.25, 0.3) is 5.69 Å². The number of phenolic OH excluding ortho intramolecular Hbond substituents is 1. The smallest absolute Gasteiger partial charge is 0.408 e. The highest BCUT2D eigenvalue weighted by Gasteiger charge is 2.41. The molecule has 1 fully saturated rings. The van der Waals surface area contributed by atoms with Gasteiger partial charge in [-0.05, 0) is 87.9 Å². The Morgan fingerprint density at radius 2 is 1.36 bits per heavy atom. The van der Waals surface area contributed by atoms with Crippen LogP contribution in [0, 0.1) is 16.0 Å². The molecule has 0 bridgehead atoms. The van der Waals surface area contributed by atoms with Crippen molar-refractivity contribution in [1.82, 2.24) is 47.1 Å². The molecule has 27 heteroatoms. The molecule has 8 atom stereocenters. The van der Waals surface area contributed by atoms with Crippen molar-refractivity contribution in [1.29, 1.82) is 0 Å². The number of rotatable bonds is 25. The van der Waals surface area contributed by atoms with E-state index in [1.54, 1.807) is 65.1 Å². The van der Waals surface area contributed by atoms with Crippen LogP contribution in [0.15, 0.2) is 79.0 Å². The van der Waals surface area contributed by atoms with Gasteiger partial charge >= 0.3 is 12.1 Å². The zero-order valence-electron chi connectivity index (χ0n) is 44.8. The second-order valence-corrected chi connectivity index (χ2v) is 20.3. The molecule has 0 radical (unpaired) electrons. The van der Waals surface area contributed by atoms with Crippen LogP contribution in [0.5, 0.6) is 11.5 Å². The summed E-state index contributed by atoms with van der Waals surface area (Å²) in [5.41, 5.74) is 0.505. The summed E-state index contributed by atoms with van der Waals surface area (Å²) in [6.07, 6.45) is -0.995. The summed E-state index contributed by atoms with van der Waals surface area (Å²) in [4.78, 5) is 138. The molecule has 0 saturated carbocycles. The molecule has 1 saturated heterocycles. The van der Waals surface area contributed by atoms with Gasteiger partial charge in [0.05, 0.1) is 24.2 Å². The number of ether oxygens (including phenoxy) is 2. The monoisotopic (exact) mass is 1120 g/mol. The fourth-order valence-corrected chi connectivity index (χ4v) is 8.45. The first-order chi connectivity index (χ1) is 37.8. The highest BCUT2D eigenvalue weighted by molar-refractivity contribution is 5.98. The van der Waals surface area contributed by atoms with Crippen molar-refractivity contribution in [2.24, 2.45) is 5.92 Å². The van der Waals surface area contributed by atoms with Crippen LogP contribution in [0.25, 0.3) is 10.9 Å². The maximum absolute atomic E-state index is 14.8. The number of esters is 1. The van der Waals surface area contributed by atoms with E-state index in [0.717, 1.165) is 29.2 Å². The van der Waals surface area contributed by atoms with Crippen molar-refractivity contribution in [2.75, 3.05) is 26.3 Å². The van der Waals surface area contributed by atoms with Crippen molar-refractivity contribution in [3.8, 4) is 11.5 Å². The van der Waals surface area contributed by atoms with Gasteiger partial charge in [-0.25, -0.2) is 9.59 Å². The maximum atomic E-state index is 14.8. The van der Waals surface area contributed by atoms with Crippen molar-refractivity contribution in [3.05, 3.63) is 100 Å². The number of non-ortho nitro benzene ring substituents is 1. The number of nitrogens with one attached hydrogen (secondary N) is 8. The van der Waals surface area contributed by atoms with Gasteiger partial charge in [-0.3, -0.25) is 43.7 Å². The number of carbonyl (C=O) groups excluding carboxylic acids is 9. The van der Waals surface area contributed by atoms with E-state index in [0.29, 0.717) is 22.0 Å². The number of aromatic amines is 1. The molecule has 27 nitrogen and oxygen atoms in total. The number of amides is 8. The molecule has 0 spiro atoms. The van der Waals surface area contributed by atoms with Crippen molar-refractivity contribution < 1.29 is 78.0 Å². The van der Waals surface area contributed by atoms with Crippen LogP contribution in [0.2, 0.25) is 0 Å². The number of nitrogens with zero attached hydrogens (tertiary/aromatic N) is 2. The zero-order valence-corrected chi connectivity index (χ0v) is 44.8. The SMILES string of the molecule is CC(C)[C@H](NC(=O)CNC(=O)OC(C)(C)C)C(=O)N[C@H](C(=O)N[C@@H](Cc1c[nH]c2ccccc12)C(=O)N[C@@H](Cc1ccc(O)cc1)C(=O)N1CCC[C@H]1C(=O)N[C@@H](CO)C(=O)N[C@@H](CO)C(=O)Oc1ccc([N+](=O)[O-])cc1)[C@@H](C)O. The molecule has 1 aliphatic rings. The zero-order chi connectivity index (χ0) is 59.0. The number of nitro benzene ring substituents is 1. The van der Waals surface area contributed by atoms with E-state index < -0.39 is 138 Å². The number of fused-ring (bicyclic) bond motifs is 1. The van der Waals surface area contributed by atoms with Gasteiger partial charge in [0.1, 0.15) is 59.9 Å². The molecule has 4 aromatic rings. The standard InChI is InChI=1S/C53H68N10O17/c1-28(2)43(60-42(68)25-55-52(76)80-53(4,5)6)48(72)61-44(29(3)66)49(73)56-37(23-31-24-54-36-11-8-7-10-35(31)36)45(69)57-38(22-30-13-17-33(67)18-14-30)50(74)62-21-9-12-41(62)47(71)58-39(26-64)46(70)59-40(27-65)51(75)79-34-19-15-32(16-20-34)63(77)78/h7-8,10-11,13-20,24,28-29,37-41,43-44,54,64-67H,9,12,21-23,25-27H2,1-6H3,(H,55,76)(H,56,73)(H,57,69)(H,58,71)(H,59,70)(H,60,68)(H,61,72)/t29-,37+,38+,39+,40+,41+,43+,44+/m1/s1. The third-order valence-electron chi connectivity index (χ3n) is 12.5. The minimum absolute atomic E-state index is 0.0285. The van der Waals surface area contributed by atoms with E-state index in [1.807, 2.05) is 0 Å². The number of para-hydroxylation sites is 1. The van der Waals surface area contributed by atoms with Gasteiger partial charge in [0, 0.05) is 48.6 Å². The first-order valence-electron chi connectivity index (χ1n) is 25.6. The average Bonchev–Trinajstić information content (AvgIpc) is 4.09. The van der Waals surface area contributed by atoms with Gasteiger partial charge < -0.3 is 77.0 Å². The Morgan fingerprint density at radius 1 is 0.750 bits per heavy atom. The summed E-state index contributed by atoms with van der Waals surface area (Å²) < 4.78 is 10.3. The summed E-state index contributed by atoms with van der Waals surface area (Å²) in [6, 6.07) is 6.33. The molecule has 3 aromatic carbocycles. The summed E-state index contributed by atoms with van der Waals surface area (Å²) in [5.74, 6) is -8.50. The largest absolute Gasteiger partial charge is 0.508 e. The van der Waals surface area contributed by atoms with Gasteiger partial charge in [-0.15, -0.1) is 0 Å². The predicted octanol–water partition coefficient (Wildman–Crippen LogP) is -0.382. The first kappa shape index (κ1) is 62.2. The van der Waals surface area contributed by atoms with E-state index in [-0.39, 0.29) is 49.4 Å². The molecule has 80 heavy (non-hydrogen) atoms. The number of alkyl carbamates (subject to hydrolysis) is 1. The topological polar surface area (TPSA) is 399 Å². The van der Waals surface area contributed by atoms with Crippen LogP contribution in [0.1, 0.15) is 65.5 Å². The number of aromatic hydroxyl groups is 1. The number of hydrogen-bond acceptors (Lipinski definition) is 17. The summed E-state index contributed by atoms with van der Waals surface area (Å²) in [6.45, 7) is 6.72. The fraction of sp³-hybridized carbons (Fsp3) is 0.453. The summed E-state index contributed by atoms with van der Waals surface area (Å²) in [7, 11) is 0. The number of phenols is 1. The second-order valence-electron chi connectivity index (χ2n) is 20.3. The Balaban J connectivity index is 1.36. The number of benzene rings is 3. The maximum Gasteiger partial charge on any atom is 0.408 e. The molecular weight excluding hydrogens is 1050 g/mol. The van der Waals surface area contributed by atoms with Crippen LogP contribution < -0.4 is 42.0 Å². The Kier molecular flexibility index (Phi) is 22.0. The number of hydrogen-bond donors (Lipinski definition) is 12. The summed E-state index contributed by atoms with van der Waals surface area (Å²) in [5, 5.41) is 70.0.